The number of carbonyl (C=O) groups is 2. The van der Waals surface area contributed by atoms with Crippen molar-refractivity contribution in [2.75, 3.05) is 0 Å². The van der Waals surface area contributed by atoms with E-state index in [0.29, 0.717) is 24.0 Å². The first kappa shape index (κ1) is 18.2. The fraction of sp³-hybridized carbons (Fsp3) is 0.200. The van der Waals surface area contributed by atoms with Gasteiger partial charge in [0.25, 0.3) is 0 Å². The first-order valence-electron chi connectivity index (χ1n) is 9.65. The van der Waals surface area contributed by atoms with E-state index in [1.54, 1.807) is 24.3 Å². The van der Waals surface area contributed by atoms with E-state index in [2.05, 4.69) is 24.3 Å². The van der Waals surface area contributed by atoms with Crippen molar-refractivity contribution in [1.29, 1.82) is 0 Å². The summed E-state index contributed by atoms with van der Waals surface area (Å²) in [7, 11) is 0. The topological polar surface area (TPSA) is 54.4 Å². The highest BCUT2D eigenvalue weighted by Crippen LogP contribution is 2.30. The van der Waals surface area contributed by atoms with Crippen molar-refractivity contribution in [1.82, 2.24) is 0 Å². The number of Topliss-reactive ketones (excluding diaryl/α,β-unsaturated/α-hetero) is 2. The molecule has 0 amide bonds. The van der Waals surface area contributed by atoms with Gasteiger partial charge in [-0.3, -0.25) is 9.59 Å². The second kappa shape index (κ2) is 7.81. The van der Waals surface area contributed by atoms with E-state index < -0.39 is 0 Å². The molecule has 3 heteroatoms. The van der Waals surface area contributed by atoms with Crippen LogP contribution in [0.15, 0.2) is 66.7 Å². The molecule has 0 saturated heterocycles. The number of phenolic OH excluding ortho intramolecular Hbond substituents is 1. The summed E-state index contributed by atoms with van der Waals surface area (Å²) in [5, 5.41) is 10.9. The Hall–Kier alpha value is -3.20. The molecule has 4 bridgehead atoms. The number of benzene rings is 3. The van der Waals surface area contributed by atoms with Crippen LogP contribution in [0.3, 0.4) is 0 Å². The normalized spacial score (nSPS) is 13.0. The van der Waals surface area contributed by atoms with Gasteiger partial charge in [-0.05, 0) is 47.9 Å². The number of carbonyl (C=O) groups excluding carboxylic acids is 2. The number of aryl methyl sites for hydroxylation is 4. The second-order valence-electron chi connectivity index (χ2n) is 7.31. The van der Waals surface area contributed by atoms with Crippen LogP contribution in [0.25, 0.3) is 0 Å². The molecule has 7 rings (SSSR count). The Morgan fingerprint density at radius 3 is 1.89 bits per heavy atom. The minimum atomic E-state index is -0.311. The Morgan fingerprint density at radius 1 is 0.679 bits per heavy atom. The van der Waals surface area contributed by atoms with Gasteiger partial charge in [-0.1, -0.05) is 66.7 Å². The van der Waals surface area contributed by atoms with E-state index in [1.165, 1.54) is 11.1 Å². The zero-order valence-corrected chi connectivity index (χ0v) is 15.7. The lowest BCUT2D eigenvalue weighted by Gasteiger charge is -2.16. The Balaban J connectivity index is 1.66. The third-order valence-electron chi connectivity index (χ3n) is 5.43. The lowest BCUT2D eigenvalue weighted by atomic mass is 9.89. The summed E-state index contributed by atoms with van der Waals surface area (Å²) in [5.74, 6) is -0.496. The van der Waals surface area contributed by atoms with Crippen molar-refractivity contribution < 1.29 is 14.7 Å². The molecule has 3 aromatic carbocycles. The maximum absolute atomic E-state index is 13.0. The van der Waals surface area contributed by atoms with Crippen LogP contribution in [0, 0.1) is 0 Å². The lowest BCUT2D eigenvalue weighted by Crippen LogP contribution is -2.13. The quantitative estimate of drug-likeness (QED) is 0.533. The van der Waals surface area contributed by atoms with Gasteiger partial charge in [-0.25, -0.2) is 0 Å². The molecule has 0 atom stereocenters. The Bertz CT molecular complexity index is 1020. The summed E-state index contributed by atoms with van der Waals surface area (Å²) in [6.45, 7) is 0. The molecule has 3 nitrogen and oxygen atoms in total. The molecule has 0 unspecified atom stereocenters. The summed E-state index contributed by atoms with van der Waals surface area (Å²) in [5.41, 5.74) is 4.80. The van der Waals surface area contributed by atoms with Gasteiger partial charge in [0, 0.05) is 5.56 Å². The first-order chi connectivity index (χ1) is 13.6. The molecule has 0 aromatic heterocycles. The average Bonchev–Trinajstić information content (AvgIpc) is 2.71. The zero-order chi connectivity index (χ0) is 19.5. The highest BCUT2D eigenvalue weighted by Gasteiger charge is 2.22. The molecule has 0 radical (unpaired) electrons. The molecule has 140 valence electrons. The smallest absolute Gasteiger partial charge is 0.174 e. The van der Waals surface area contributed by atoms with Crippen molar-refractivity contribution in [2.24, 2.45) is 0 Å². The molecule has 4 aliphatic rings. The van der Waals surface area contributed by atoms with Crippen LogP contribution in [-0.4, -0.2) is 16.7 Å². The molecule has 4 aliphatic carbocycles. The van der Waals surface area contributed by atoms with E-state index in [4.69, 9.17) is 0 Å². The van der Waals surface area contributed by atoms with Gasteiger partial charge < -0.3 is 5.11 Å². The van der Waals surface area contributed by atoms with Crippen LogP contribution >= 0.6 is 0 Å². The fourth-order valence-electron chi connectivity index (χ4n) is 3.79. The van der Waals surface area contributed by atoms with E-state index in [-0.39, 0.29) is 23.7 Å². The van der Waals surface area contributed by atoms with Gasteiger partial charge in [-0.15, -0.1) is 0 Å². The summed E-state index contributed by atoms with van der Waals surface area (Å²) in [4.78, 5) is 25.5. The monoisotopic (exact) mass is 370 g/mol. The van der Waals surface area contributed by atoms with Gasteiger partial charge in [0.15, 0.2) is 11.6 Å². The lowest BCUT2D eigenvalue weighted by molar-refractivity contribution is 0.0892. The number of rotatable bonds is 4. The summed E-state index contributed by atoms with van der Waals surface area (Å²) < 4.78 is 0. The van der Waals surface area contributed by atoms with Crippen LogP contribution in [0.1, 0.15) is 49.4 Å². The number of aromatic hydroxyl groups is 1. The van der Waals surface area contributed by atoms with Crippen LogP contribution in [-0.2, 0) is 25.7 Å². The minimum absolute atomic E-state index is 0.0402. The van der Waals surface area contributed by atoms with Crippen LogP contribution in [0.5, 0.6) is 5.75 Å². The number of phenols is 1. The molecule has 0 heterocycles. The molecule has 0 saturated carbocycles. The third-order valence-corrected chi connectivity index (χ3v) is 5.43. The number of hydrogen-bond acceptors (Lipinski definition) is 3. The largest absolute Gasteiger partial charge is 0.507 e. The average molecular weight is 370 g/mol. The first-order valence-corrected chi connectivity index (χ1v) is 9.65. The third kappa shape index (κ3) is 3.74. The Morgan fingerprint density at radius 2 is 1.25 bits per heavy atom. The standard InChI is InChI=1S/C25H22O3/c26-22(19-4-2-1-3-5-19)16-23(27)24-20-12-10-17-6-8-18(9-7-17)11-13-21(15-14-20)25(24)28/h1-9,14-15,28H,10-13,16H2. The van der Waals surface area contributed by atoms with E-state index in [1.807, 2.05) is 18.2 Å². The van der Waals surface area contributed by atoms with E-state index >= 15 is 0 Å². The second-order valence-corrected chi connectivity index (χ2v) is 7.31. The molecule has 0 aliphatic heterocycles. The Labute approximate surface area is 164 Å². The molecule has 1 N–H and O–H groups in total. The molecular weight excluding hydrogens is 348 g/mol. The predicted molar refractivity (Wildman–Crippen MR) is 109 cm³/mol. The highest BCUT2D eigenvalue weighted by atomic mass is 16.3. The maximum atomic E-state index is 13.0. The molecule has 0 fully saturated rings. The fourth-order valence-corrected chi connectivity index (χ4v) is 3.79. The molecule has 28 heavy (non-hydrogen) atoms. The summed E-state index contributed by atoms with van der Waals surface area (Å²) in [6.07, 6.45) is 2.64. The zero-order valence-electron chi connectivity index (χ0n) is 15.7. The van der Waals surface area contributed by atoms with Crippen molar-refractivity contribution in [2.45, 2.75) is 32.1 Å². The van der Waals surface area contributed by atoms with E-state index in [9.17, 15) is 14.7 Å². The van der Waals surface area contributed by atoms with Crippen molar-refractivity contribution in [3.8, 4) is 5.75 Å². The predicted octanol–water partition coefficient (Wildman–Crippen LogP) is 4.73. The number of ketones is 2. The van der Waals surface area contributed by atoms with E-state index in [0.717, 1.165) is 24.0 Å². The SMILES string of the molecule is O=C(CC(=O)c1c2ccc(c1O)CCc1ccc(cc1)CC2)c1ccccc1. The van der Waals surface area contributed by atoms with Crippen molar-refractivity contribution >= 4 is 11.6 Å². The van der Waals surface area contributed by atoms with Gasteiger partial charge >= 0.3 is 0 Å². The van der Waals surface area contributed by atoms with Gasteiger partial charge in [0.05, 0.1) is 12.0 Å². The summed E-state index contributed by atoms with van der Waals surface area (Å²) >= 11 is 0. The van der Waals surface area contributed by atoms with Gasteiger partial charge in [0.1, 0.15) is 5.75 Å². The molecular formula is C25H22O3. The molecule has 3 aromatic rings. The summed E-state index contributed by atoms with van der Waals surface area (Å²) in [6, 6.07) is 21.2. The van der Waals surface area contributed by atoms with Crippen molar-refractivity contribution in [3.05, 3.63) is 100 Å². The Kier molecular flexibility index (Phi) is 5.07. The maximum Gasteiger partial charge on any atom is 0.174 e. The van der Waals surface area contributed by atoms with Crippen LogP contribution in [0.2, 0.25) is 0 Å². The van der Waals surface area contributed by atoms with Gasteiger partial charge in [-0.2, -0.15) is 0 Å². The highest BCUT2D eigenvalue weighted by molar-refractivity contribution is 6.15. The van der Waals surface area contributed by atoms with Crippen molar-refractivity contribution in [3.63, 3.8) is 0 Å². The number of hydrogen-bond donors (Lipinski definition) is 1. The van der Waals surface area contributed by atoms with Crippen LogP contribution < -0.4 is 0 Å². The van der Waals surface area contributed by atoms with Gasteiger partial charge in [0.2, 0.25) is 0 Å². The molecule has 0 spiro atoms. The van der Waals surface area contributed by atoms with Crippen LogP contribution in [0.4, 0.5) is 0 Å². The minimum Gasteiger partial charge on any atom is -0.507 e.